The van der Waals surface area contributed by atoms with Crippen molar-refractivity contribution in [2.75, 3.05) is 20.3 Å². The maximum Gasteiger partial charge on any atom is 0.397 e. The lowest BCUT2D eigenvalue weighted by molar-refractivity contribution is -0.194. The quantitative estimate of drug-likeness (QED) is 0.656. The SMILES string of the molecule is COc1cc(OCC2(C(F)(F)F)CC2)c(F)cc1CNC(=O)[C@@H]1CCCN1.Cl. The highest BCUT2D eigenvalue weighted by Gasteiger charge is 2.63. The van der Waals surface area contributed by atoms with Gasteiger partial charge in [0.2, 0.25) is 5.91 Å². The number of ether oxygens (including phenoxy) is 2. The topological polar surface area (TPSA) is 59.6 Å². The molecule has 0 radical (unpaired) electrons. The maximum atomic E-state index is 14.3. The fourth-order valence-corrected chi connectivity index (χ4v) is 3.11. The summed E-state index contributed by atoms with van der Waals surface area (Å²) in [6, 6.07) is 2.07. The Morgan fingerprint density at radius 1 is 1.32 bits per heavy atom. The summed E-state index contributed by atoms with van der Waals surface area (Å²) in [4.78, 5) is 12.0. The van der Waals surface area contributed by atoms with Gasteiger partial charge in [-0.1, -0.05) is 0 Å². The maximum absolute atomic E-state index is 14.3. The molecule has 0 unspecified atom stereocenters. The lowest BCUT2D eigenvalue weighted by Crippen LogP contribution is -2.40. The summed E-state index contributed by atoms with van der Waals surface area (Å²) < 4.78 is 63.5. The number of benzene rings is 1. The predicted molar refractivity (Wildman–Crippen MR) is 96.3 cm³/mol. The zero-order chi connectivity index (χ0) is 19.7. The Bertz CT molecular complexity index is 705. The molecule has 5 nitrogen and oxygen atoms in total. The van der Waals surface area contributed by atoms with Crippen LogP contribution in [-0.4, -0.2) is 38.4 Å². The van der Waals surface area contributed by atoms with Crippen molar-refractivity contribution in [2.45, 2.75) is 44.4 Å². The van der Waals surface area contributed by atoms with Crippen molar-refractivity contribution in [3.63, 3.8) is 0 Å². The second-order valence-corrected chi connectivity index (χ2v) is 7.03. The Kier molecular flexibility index (Phi) is 7.03. The average Bonchev–Trinajstić information content (AvgIpc) is 3.23. The molecule has 1 aromatic carbocycles. The number of methoxy groups -OCH3 is 1. The number of halogens is 5. The second kappa shape index (κ2) is 8.73. The Labute approximate surface area is 166 Å². The Morgan fingerprint density at radius 2 is 2.04 bits per heavy atom. The largest absolute Gasteiger partial charge is 0.496 e. The van der Waals surface area contributed by atoms with Crippen molar-refractivity contribution in [1.82, 2.24) is 10.6 Å². The van der Waals surface area contributed by atoms with Crippen molar-refractivity contribution in [2.24, 2.45) is 5.41 Å². The molecule has 0 spiro atoms. The van der Waals surface area contributed by atoms with E-state index in [0.717, 1.165) is 25.5 Å². The summed E-state index contributed by atoms with van der Waals surface area (Å²) in [7, 11) is 1.36. The molecule has 3 rings (SSSR count). The van der Waals surface area contributed by atoms with Crippen LogP contribution >= 0.6 is 12.4 Å². The van der Waals surface area contributed by atoms with E-state index in [9.17, 15) is 22.4 Å². The summed E-state index contributed by atoms with van der Waals surface area (Å²) in [5.74, 6) is -1.04. The first-order valence-corrected chi connectivity index (χ1v) is 8.83. The first kappa shape index (κ1) is 22.5. The van der Waals surface area contributed by atoms with Crippen LogP contribution < -0.4 is 20.1 Å². The summed E-state index contributed by atoms with van der Waals surface area (Å²) >= 11 is 0. The van der Waals surface area contributed by atoms with Crippen molar-refractivity contribution in [3.8, 4) is 11.5 Å². The summed E-state index contributed by atoms with van der Waals surface area (Å²) in [6.45, 7) is 0.200. The van der Waals surface area contributed by atoms with E-state index in [2.05, 4.69) is 10.6 Å². The van der Waals surface area contributed by atoms with Gasteiger partial charge in [-0.25, -0.2) is 4.39 Å². The summed E-state index contributed by atoms with van der Waals surface area (Å²) in [5, 5.41) is 5.77. The van der Waals surface area contributed by atoms with Gasteiger partial charge >= 0.3 is 6.18 Å². The van der Waals surface area contributed by atoms with Gasteiger partial charge < -0.3 is 20.1 Å². The van der Waals surface area contributed by atoms with Crippen LogP contribution in [-0.2, 0) is 11.3 Å². The second-order valence-electron chi connectivity index (χ2n) is 7.03. The smallest absolute Gasteiger partial charge is 0.397 e. The zero-order valence-corrected chi connectivity index (χ0v) is 16.1. The molecule has 1 aliphatic heterocycles. The fourth-order valence-electron chi connectivity index (χ4n) is 3.11. The normalized spacial score (nSPS) is 20.2. The molecular weight excluding hydrogens is 404 g/mol. The summed E-state index contributed by atoms with van der Waals surface area (Å²) in [5.41, 5.74) is -1.50. The number of rotatable bonds is 7. The van der Waals surface area contributed by atoms with E-state index < -0.39 is 24.0 Å². The third kappa shape index (κ3) is 4.81. The van der Waals surface area contributed by atoms with E-state index in [-0.39, 0.29) is 55.2 Å². The molecule has 158 valence electrons. The molecule has 10 heteroatoms. The van der Waals surface area contributed by atoms with Gasteiger partial charge in [0.05, 0.1) is 13.2 Å². The van der Waals surface area contributed by atoms with E-state index in [1.807, 2.05) is 0 Å². The van der Waals surface area contributed by atoms with Gasteiger partial charge in [0.15, 0.2) is 11.6 Å². The number of nitrogens with one attached hydrogen (secondary N) is 2. The van der Waals surface area contributed by atoms with Crippen LogP contribution in [0.5, 0.6) is 11.5 Å². The summed E-state index contributed by atoms with van der Waals surface area (Å²) in [6.07, 6.45) is -2.75. The standard InChI is InChI=1S/C18H22F4N2O3.ClH/c1-26-14-8-15(27-10-17(4-5-17)18(20,21)22)12(19)7-11(14)9-24-16(25)13-3-2-6-23-13;/h7-8,13,23H,2-6,9-10H2,1H3,(H,24,25);1H/t13-;/m0./s1. The van der Waals surface area contributed by atoms with Gasteiger partial charge in [0.25, 0.3) is 0 Å². The molecule has 0 aromatic heterocycles. The Hall–Kier alpha value is -1.74. The van der Waals surface area contributed by atoms with E-state index >= 15 is 0 Å². The van der Waals surface area contributed by atoms with E-state index in [4.69, 9.17) is 9.47 Å². The molecule has 2 N–H and O–H groups in total. The van der Waals surface area contributed by atoms with Gasteiger partial charge in [-0.3, -0.25) is 4.79 Å². The molecule has 1 atom stereocenters. The average molecular weight is 427 g/mol. The molecule has 1 aliphatic carbocycles. The lowest BCUT2D eigenvalue weighted by Gasteiger charge is -2.20. The minimum absolute atomic E-state index is 0. The van der Waals surface area contributed by atoms with Crippen LogP contribution in [0.4, 0.5) is 17.6 Å². The number of carbonyl (C=O) groups is 1. The molecule has 1 heterocycles. The number of carbonyl (C=O) groups excluding carboxylic acids is 1. The lowest BCUT2D eigenvalue weighted by atomic mass is 10.1. The van der Waals surface area contributed by atoms with Crippen LogP contribution in [0, 0.1) is 11.2 Å². The predicted octanol–water partition coefficient (Wildman–Crippen LogP) is 3.35. The van der Waals surface area contributed by atoms with Crippen molar-refractivity contribution < 1.29 is 31.8 Å². The van der Waals surface area contributed by atoms with Gasteiger partial charge in [-0.05, 0) is 38.3 Å². The first-order valence-electron chi connectivity index (χ1n) is 8.83. The van der Waals surface area contributed by atoms with E-state index in [1.54, 1.807) is 0 Å². The van der Waals surface area contributed by atoms with Crippen LogP contribution in [0.25, 0.3) is 0 Å². The molecule has 1 aromatic rings. The molecular formula is C18H23ClF4N2O3. The minimum atomic E-state index is -4.37. The third-order valence-corrected chi connectivity index (χ3v) is 5.12. The highest BCUT2D eigenvalue weighted by molar-refractivity contribution is 5.85. The van der Waals surface area contributed by atoms with E-state index in [1.165, 1.54) is 13.2 Å². The van der Waals surface area contributed by atoms with Crippen LogP contribution in [0.2, 0.25) is 0 Å². The minimum Gasteiger partial charge on any atom is -0.496 e. The molecule has 0 bridgehead atoms. The third-order valence-electron chi connectivity index (χ3n) is 5.12. The van der Waals surface area contributed by atoms with Gasteiger partial charge in [-0.2, -0.15) is 13.2 Å². The van der Waals surface area contributed by atoms with E-state index in [0.29, 0.717) is 5.56 Å². The monoisotopic (exact) mass is 426 g/mol. The molecule has 2 aliphatic rings. The van der Waals surface area contributed by atoms with Crippen LogP contribution in [0.3, 0.4) is 0 Å². The Morgan fingerprint density at radius 3 is 2.57 bits per heavy atom. The van der Waals surface area contributed by atoms with Crippen molar-refractivity contribution >= 4 is 18.3 Å². The molecule has 1 saturated carbocycles. The van der Waals surface area contributed by atoms with Gasteiger partial charge in [0, 0.05) is 18.2 Å². The molecule has 1 saturated heterocycles. The number of hydrogen-bond acceptors (Lipinski definition) is 4. The molecule has 2 fully saturated rings. The first-order chi connectivity index (χ1) is 12.8. The van der Waals surface area contributed by atoms with Crippen molar-refractivity contribution in [3.05, 3.63) is 23.5 Å². The number of amides is 1. The zero-order valence-electron chi connectivity index (χ0n) is 15.3. The molecule has 1 amide bonds. The highest BCUT2D eigenvalue weighted by atomic mass is 35.5. The number of alkyl halides is 3. The van der Waals surface area contributed by atoms with Crippen molar-refractivity contribution in [1.29, 1.82) is 0 Å². The van der Waals surface area contributed by atoms with Crippen LogP contribution in [0.15, 0.2) is 12.1 Å². The fraction of sp³-hybridized carbons (Fsp3) is 0.611. The van der Waals surface area contributed by atoms with Crippen LogP contribution in [0.1, 0.15) is 31.2 Å². The molecule has 28 heavy (non-hydrogen) atoms. The van der Waals surface area contributed by atoms with Gasteiger partial charge in [0.1, 0.15) is 17.8 Å². The van der Waals surface area contributed by atoms with Gasteiger partial charge in [-0.15, -0.1) is 12.4 Å². The number of hydrogen-bond donors (Lipinski definition) is 2. The Balaban J connectivity index is 0.00000280. The highest BCUT2D eigenvalue weighted by Crippen LogP contribution is 2.57.